The Morgan fingerprint density at radius 3 is 2.62 bits per heavy atom. The van der Waals surface area contributed by atoms with Gasteiger partial charge in [0.1, 0.15) is 11.6 Å². The molecule has 1 heterocycles. The Hall–Kier alpha value is -2.76. The number of hydrogen-bond donors (Lipinski definition) is 1. The minimum Gasteiger partial charge on any atom is -0.351 e. The van der Waals surface area contributed by atoms with Gasteiger partial charge in [0.15, 0.2) is 0 Å². The largest absolute Gasteiger partial charge is 0.351 e. The highest BCUT2D eigenvalue weighted by Crippen LogP contribution is 2.27. The summed E-state index contributed by atoms with van der Waals surface area (Å²) in [6, 6.07) is 12.9. The van der Waals surface area contributed by atoms with E-state index in [1.54, 1.807) is 4.90 Å². The van der Waals surface area contributed by atoms with Crippen molar-refractivity contribution in [2.45, 2.75) is 18.8 Å². The second-order valence-electron chi connectivity index (χ2n) is 6.37. The molecule has 0 spiro atoms. The topological polar surface area (TPSA) is 49.4 Å². The summed E-state index contributed by atoms with van der Waals surface area (Å²) in [4.78, 5) is 26.0. The molecule has 1 aliphatic rings. The average Bonchev–Trinajstić information content (AvgIpc) is 3.12. The van der Waals surface area contributed by atoms with Crippen LogP contribution in [0.5, 0.6) is 0 Å². The van der Waals surface area contributed by atoms with Crippen LogP contribution < -0.4 is 5.32 Å². The van der Waals surface area contributed by atoms with E-state index in [-0.39, 0.29) is 24.4 Å². The van der Waals surface area contributed by atoms with Gasteiger partial charge < -0.3 is 10.2 Å². The normalized spacial score (nSPS) is 16.5. The van der Waals surface area contributed by atoms with Crippen molar-refractivity contribution in [1.82, 2.24) is 10.2 Å². The van der Waals surface area contributed by atoms with E-state index in [4.69, 9.17) is 0 Å². The third-order valence-electron chi connectivity index (χ3n) is 4.61. The van der Waals surface area contributed by atoms with Gasteiger partial charge in [0.25, 0.3) is 5.91 Å². The third kappa shape index (κ3) is 4.25. The van der Waals surface area contributed by atoms with Crippen molar-refractivity contribution >= 4 is 11.8 Å². The zero-order valence-corrected chi connectivity index (χ0v) is 14.3. The first kappa shape index (κ1) is 18.0. The van der Waals surface area contributed by atoms with Crippen LogP contribution >= 0.6 is 0 Å². The van der Waals surface area contributed by atoms with E-state index in [9.17, 15) is 18.4 Å². The number of nitrogens with zero attached hydrogens (tertiary/aromatic N) is 1. The molecule has 26 heavy (non-hydrogen) atoms. The monoisotopic (exact) mass is 358 g/mol. The fraction of sp³-hybridized carbons (Fsp3) is 0.300. The summed E-state index contributed by atoms with van der Waals surface area (Å²) in [6.07, 6.45) is 1.07. The molecule has 0 saturated carbocycles. The summed E-state index contributed by atoms with van der Waals surface area (Å²) in [5.74, 6) is -2.01. The summed E-state index contributed by atoms with van der Waals surface area (Å²) >= 11 is 0. The predicted octanol–water partition coefficient (Wildman–Crippen LogP) is 3.10. The van der Waals surface area contributed by atoms with E-state index in [1.165, 1.54) is 5.56 Å². The zero-order valence-electron chi connectivity index (χ0n) is 14.3. The van der Waals surface area contributed by atoms with Gasteiger partial charge in [0.05, 0.1) is 5.56 Å². The van der Waals surface area contributed by atoms with Crippen molar-refractivity contribution < 1.29 is 18.4 Å². The van der Waals surface area contributed by atoms with Gasteiger partial charge in [-0.3, -0.25) is 9.59 Å². The molecule has 3 rings (SSSR count). The van der Waals surface area contributed by atoms with Gasteiger partial charge in [-0.2, -0.15) is 0 Å². The first-order valence-corrected chi connectivity index (χ1v) is 8.60. The van der Waals surface area contributed by atoms with Gasteiger partial charge in [-0.15, -0.1) is 0 Å². The smallest absolute Gasteiger partial charge is 0.254 e. The van der Waals surface area contributed by atoms with Crippen molar-refractivity contribution in [3.05, 3.63) is 71.3 Å². The number of amides is 2. The number of halogens is 2. The highest BCUT2D eigenvalue weighted by molar-refractivity contribution is 5.94. The number of benzene rings is 2. The number of carbonyl (C=O) groups excluding carboxylic acids is 2. The zero-order chi connectivity index (χ0) is 18.5. The second-order valence-corrected chi connectivity index (χ2v) is 6.37. The van der Waals surface area contributed by atoms with Crippen LogP contribution in [0.4, 0.5) is 8.78 Å². The van der Waals surface area contributed by atoms with Gasteiger partial charge in [0, 0.05) is 38.0 Å². The van der Waals surface area contributed by atoms with E-state index in [0.29, 0.717) is 25.1 Å². The van der Waals surface area contributed by atoms with E-state index in [2.05, 4.69) is 17.4 Å². The number of likely N-dealkylation sites (tertiary alicyclic amines) is 1. The molecule has 1 atom stereocenters. The van der Waals surface area contributed by atoms with Crippen molar-refractivity contribution in [2.24, 2.45) is 0 Å². The maximum absolute atomic E-state index is 13.6. The van der Waals surface area contributed by atoms with E-state index >= 15 is 0 Å². The van der Waals surface area contributed by atoms with Crippen molar-refractivity contribution in [3.63, 3.8) is 0 Å². The van der Waals surface area contributed by atoms with Gasteiger partial charge in [0.2, 0.25) is 5.91 Å². The third-order valence-corrected chi connectivity index (χ3v) is 4.61. The molecule has 1 fully saturated rings. The predicted molar refractivity (Wildman–Crippen MR) is 93.7 cm³/mol. The minimum atomic E-state index is -0.918. The second kappa shape index (κ2) is 8.08. The Bertz CT molecular complexity index is 796. The highest BCUT2D eigenvalue weighted by Gasteiger charge is 2.26. The lowest BCUT2D eigenvalue weighted by molar-refractivity contribution is -0.130. The van der Waals surface area contributed by atoms with E-state index < -0.39 is 17.5 Å². The first-order chi connectivity index (χ1) is 12.5. The fourth-order valence-corrected chi connectivity index (χ4v) is 3.19. The Labute approximate surface area is 150 Å². The summed E-state index contributed by atoms with van der Waals surface area (Å²) in [7, 11) is 0. The summed E-state index contributed by atoms with van der Waals surface area (Å²) < 4.78 is 26.4. The van der Waals surface area contributed by atoms with Gasteiger partial charge in [-0.05, 0) is 24.1 Å². The molecule has 0 aromatic heterocycles. The van der Waals surface area contributed by atoms with Crippen molar-refractivity contribution in [3.8, 4) is 0 Å². The number of carbonyl (C=O) groups is 2. The lowest BCUT2D eigenvalue weighted by atomic mass is 9.99. The van der Waals surface area contributed by atoms with Crippen LogP contribution in [0.3, 0.4) is 0 Å². The molecule has 6 heteroatoms. The quantitative estimate of drug-likeness (QED) is 0.893. The molecule has 0 aliphatic carbocycles. The molecule has 1 saturated heterocycles. The molecule has 2 aromatic carbocycles. The molecule has 2 aromatic rings. The van der Waals surface area contributed by atoms with E-state index in [0.717, 1.165) is 18.6 Å². The lowest BCUT2D eigenvalue weighted by Crippen LogP contribution is -2.33. The van der Waals surface area contributed by atoms with E-state index in [1.807, 2.05) is 18.2 Å². The van der Waals surface area contributed by atoms with Crippen LogP contribution in [0, 0.1) is 11.6 Å². The molecule has 4 nitrogen and oxygen atoms in total. The fourth-order valence-electron chi connectivity index (χ4n) is 3.19. The molecule has 1 unspecified atom stereocenters. The summed E-state index contributed by atoms with van der Waals surface area (Å²) in [6.45, 7) is 1.48. The Morgan fingerprint density at radius 1 is 1.12 bits per heavy atom. The molecular weight excluding hydrogens is 338 g/mol. The molecular formula is C20H20F2N2O2. The van der Waals surface area contributed by atoms with Crippen LogP contribution in [0.15, 0.2) is 48.5 Å². The number of hydrogen-bond acceptors (Lipinski definition) is 2. The molecule has 2 amide bonds. The molecule has 0 radical (unpaired) electrons. The summed E-state index contributed by atoms with van der Waals surface area (Å²) in [5.41, 5.74) is 0.993. The Kier molecular flexibility index (Phi) is 5.61. The highest BCUT2D eigenvalue weighted by atomic mass is 19.1. The standard InChI is InChI=1S/C20H20F2N2O2/c21-16-6-7-17(18(22)12-16)20(26)23-10-8-19(25)24-11-9-15(13-24)14-4-2-1-3-5-14/h1-7,12,15H,8-11,13H2,(H,23,26). The lowest BCUT2D eigenvalue weighted by Gasteiger charge is -2.17. The SMILES string of the molecule is O=C(NCCC(=O)N1CCC(c2ccccc2)C1)c1ccc(F)cc1F. The first-order valence-electron chi connectivity index (χ1n) is 8.60. The molecule has 136 valence electrons. The Balaban J connectivity index is 1.46. The van der Waals surface area contributed by atoms with Crippen LogP contribution in [0.25, 0.3) is 0 Å². The van der Waals surface area contributed by atoms with Crippen molar-refractivity contribution in [1.29, 1.82) is 0 Å². The number of nitrogens with one attached hydrogen (secondary N) is 1. The van der Waals surface area contributed by atoms with Gasteiger partial charge >= 0.3 is 0 Å². The molecule has 0 bridgehead atoms. The Morgan fingerprint density at radius 2 is 1.88 bits per heavy atom. The van der Waals surface area contributed by atoms with Crippen LogP contribution in [-0.2, 0) is 4.79 Å². The maximum Gasteiger partial charge on any atom is 0.254 e. The molecule has 1 aliphatic heterocycles. The maximum atomic E-state index is 13.6. The van der Waals surface area contributed by atoms with Crippen LogP contribution in [0.2, 0.25) is 0 Å². The minimum absolute atomic E-state index is 0.0386. The average molecular weight is 358 g/mol. The van der Waals surface area contributed by atoms with Crippen molar-refractivity contribution in [2.75, 3.05) is 19.6 Å². The summed E-state index contributed by atoms with van der Waals surface area (Å²) in [5, 5.41) is 2.51. The van der Waals surface area contributed by atoms with Gasteiger partial charge in [-0.25, -0.2) is 8.78 Å². The van der Waals surface area contributed by atoms with Gasteiger partial charge in [-0.1, -0.05) is 30.3 Å². The molecule has 1 N–H and O–H groups in total. The van der Waals surface area contributed by atoms with Crippen LogP contribution in [0.1, 0.15) is 34.7 Å². The van der Waals surface area contributed by atoms with Crippen LogP contribution in [-0.4, -0.2) is 36.3 Å². The number of rotatable bonds is 5.